The summed E-state index contributed by atoms with van der Waals surface area (Å²) in [6, 6.07) is 8.06. The molecule has 0 aliphatic carbocycles. The molecule has 0 bridgehead atoms. The minimum absolute atomic E-state index is 0.661. The topological polar surface area (TPSA) is 15.3 Å². The van der Waals surface area contributed by atoms with E-state index in [1.807, 2.05) is 25.2 Å². The zero-order valence-corrected chi connectivity index (χ0v) is 11.1. The average Bonchev–Trinajstić information content (AvgIpc) is 2.17. The second-order valence-electron chi connectivity index (χ2n) is 4.49. The first-order chi connectivity index (χ1) is 7.61. The van der Waals surface area contributed by atoms with Crippen molar-refractivity contribution in [2.45, 2.75) is 13.5 Å². The molecule has 0 saturated heterocycles. The summed E-state index contributed by atoms with van der Waals surface area (Å²) in [5.74, 6) is 0.661. The van der Waals surface area contributed by atoms with E-state index in [0.717, 1.165) is 24.7 Å². The van der Waals surface area contributed by atoms with Gasteiger partial charge < -0.3 is 10.2 Å². The summed E-state index contributed by atoms with van der Waals surface area (Å²) in [4.78, 5) is 2.33. The third-order valence-electron chi connectivity index (χ3n) is 2.52. The Morgan fingerprint density at radius 1 is 1.44 bits per heavy atom. The quantitative estimate of drug-likeness (QED) is 0.823. The van der Waals surface area contributed by atoms with Gasteiger partial charge in [-0.05, 0) is 44.3 Å². The molecule has 1 unspecified atom stereocenters. The van der Waals surface area contributed by atoms with Crippen LogP contribution < -0.4 is 5.32 Å². The number of hydrogen-bond donors (Lipinski definition) is 1. The van der Waals surface area contributed by atoms with Crippen LogP contribution in [0.3, 0.4) is 0 Å². The normalized spacial score (nSPS) is 13.1. The second kappa shape index (κ2) is 6.89. The van der Waals surface area contributed by atoms with Crippen LogP contribution in [0.15, 0.2) is 24.3 Å². The number of nitrogens with zero attached hydrogens (tertiary/aromatic N) is 1. The van der Waals surface area contributed by atoms with Gasteiger partial charge in [-0.2, -0.15) is 0 Å². The van der Waals surface area contributed by atoms with Gasteiger partial charge in [0.05, 0.1) is 0 Å². The van der Waals surface area contributed by atoms with Crippen LogP contribution in [-0.2, 0) is 6.54 Å². The van der Waals surface area contributed by atoms with Crippen molar-refractivity contribution in [3.05, 3.63) is 34.9 Å². The van der Waals surface area contributed by atoms with Gasteiger partial charge in [0.2, 0.25) is 0 Å². The Bertz CT molecular complexity index is 315. The highest BCUT2D eigenvalue weighted by atomic mass is 35.5. The van der Waals surface area contributed by atoms with Crippen LogP contribution in [0.25, 0.3) is 0 Å². The van der Waals surface area contributed by atoms with E-state index in [1.54, 1.807) is 0 Å². The molecular weight excluding hydrogens is 220 g/mol. The van der Waals surface area contributed by atoms with Gasteiger partial charge in [0.1, 0.15) is 0 Å². The summed E-state index contributed by atoms with van der Waals surface area (Å²) < 4.78 is 0. The molecule has 0 amide bonds. The maximum absolute atomic E-state index is 5.96. The molecule has 0 spiro atoms. The lowest BCUT2D eigenvalue weighted by Crippen LogP contribution is -2.29. The Labute approximate surface area is 104 Å². The largest absolute Gasteiger partial charge is 0.319 e. The number of nitrogens with one attached hydrogen (secondary N) is 1. The van der Waals surface area contributed by atoms with Crippen molar-refractivity contribution in [2.75, 3.05) is 27.2 Å². The Hall–Kier alpha value is -0.570. The summed E-state index contributed by atoms with van der Waals surface area (Å²) >= 11 is 5.96. The van der Waals surface area contributed by atoms with Crippen molar-refractivity contribution in [3.63, 3.8) is 0 Å². The molecule has 1 aromatic rings. The van der Waals surface area contributed by atoms with E-state index in [0.29, 0.717) is 5.92 Å². The zero-order chi connectivity index (χ0) is 12.0. The van der Waals surface area contributed by atoms with Crippen molar-refractivity contribution in [1.82, 2.24) is 10.2 Å². The standard InChI is InChI=1S/C13H21ClN2/c1-11(8-15-2)9-16(3)10-12-5-4-6-13(14)7-12/h4-7,11,15H,8-10H2,1-3H3. The molecule has 1 aromatic carbocycles. The Kier molecular flexibility index (Phi) is 5.81. The molecule has 0 aliphatic heterocycles. The summed E-state index contributed by atoms with van der Waals surface area (Å²) in [7, 11) is 4.14. The third kappa shape index (κ3) is 4.97. The molecule has 1 atom stereocenters. The van der Waals surface area contributed by atoms with Crippen LogP contribution in [0.1, 0.15) is 12.5 Å². The van der Waals surface area contributed by atoms with E-state index in [4.69, 9.17) is 11.6 Å². The maximum atomic E-state index is 5.96. The van der Waals surface area contributed by atoms with Crippen molar-refractivity contribution < 1.29 is 0 Å². The van der Waals surface area contributed by atoms with Crippen LogP contribution >= 0.6 is 11.6 Å². The first kappa shape index (κ1) is 13.5. The monoisotopic (exact) mass is 240 g/mol. The summed E-state index contributed by atoms with van der Waals surface area (Å²) in [5, 5.41) is 4.01. The molecule has 0 aromatic heterocycles. The van der Waals surface area contributed by atoms with E-state index in [2.05, 4.69) is 30.3 Å². The van der Waals surface area contributed by atoms with Crippen molar-refractivity contribution in [3.8, 4) is 0 Å². The van der Waals surface area contributed by atoms with Gasteiger partial charge in [0.15, 0.2) is 0 Å². The average molecular weight is 241 g/mol. The molecule has 0 fully saturated rings. The first-order valence-electron chi connectivity index (χ1n) is 5.69. The van der Waals surface area contributed by atoms with E-state index in [1.165, 1.54) is 5.56 Å². The van der Waals surface area contributed by atoms with Crippen LogP contribution in [0.2, 0.25) is 5.02 Å². The lowest BCUT2D eigenvalue weighted by Gasteiger charge is -2.21. The molecule has 0 radical (unpaired) electrons. The highest BCUT2D eigenvalue weighted by Crippen LogP contribution is 2.12. The van der Waals surface area contributed by atoms with Gasteiger partial charge in [-0.25, -0.2) is 0 Å². The minimum atomic E-state index is 0.661. The SMILES string of the molecule is CNCC(C)CN(C)Cc1cccc(Cl)c1. The predicted molar refractivity (Wildman–Crippen MR) is 70.9 cm³/mol. The van der Waals surface area contributed by atoms with Gasteiger partial charge in [0.25, 0.3) is 0 Å². The van der Waals surface area contributed by atoms with Crippen molar-refractivity contribution in [2.24, 2.45) is 5.92 Å². The summed E-state index contributed by atoms with van der Waals surface area (Å²) in [6.45, 7) is 5.35. The maximum Gasteiger partial charge on any atom is 0.0409 e. The molecule has 3 heteroatoms. The summed E-state index contributed by atoms with van der Waals surface area (Å²) in [5.41, 5.74) is 1.27. The molecule has 2 nitrogen and oxygen atoms in total. The van der Waals surface area contributed by atoms with Gasteiger partial charge in [0, 0.05) is 18.1 Å². The van der Waals surface area contributed by atoms with E-state index in [-0.39, 0.29) is 0 Å². The molecule has 1 N–H and O–H groups in total. The molecule has 0 saturated carbocycles. The smallest absolute Gasteiger partial charge is 0.0409 e. The molecule has 90 valence electrons. The van der Waals surface area contributed by atoms with Gasteiger partial charge in [-0.15, -0.1) is 0 Å². The molecule has 16 heavy (non-hydrogen) atoms. The highest BCUT2D eigenvalue weighted by molar-refractivity contribution is 6.30. The fraction of sp³-hybridized carbons (Fsp3) is 0.538. The fourth-order valence-corrected chi connectivity index (χ4v) is 2.17. The number of benzene rings is 1. The van der Waals surface area contributed by atoms with E-state index >= 15 is 0 Å². The zero-order valence-electron chi connectivity index (χ0n) is 10.3. The van der Waals surface area contributed by atoms with Crippen LogP contribution in [0, 0.1) is 5.92 Å². The molecule has 0 heterocycles. The number of hydrogen-bond acceptors (Lipinski definition) is 2. The number of rotatable bonds is 6. The third-order valence-corrected chi connectivity index (χ3v) is 2.75. The first-order valence-corrected chi connectivity index (χ1v) is 6.07. The Morgan fingerprint density at radius 3 is 2.81 bits per heavy atom. The van der Waals surface area contributed by atoms with Crippen molar-refractivity contribution >= 4 is 11.6 Å². The predicted octanol–water partition coefficient (Wildman–Crippen LogP) is 2.63. The Balaban J connectivity index is 2.42. The number of halogens is 1. The van der Waals surface area contributed by atoms with Gasteiger partial charge in [-0.3, -0.25) is 0 Å². The minimum Gasteiger partial charge on any atom is -0.319 e. The lowest BCUT2D eigenvalue weighted by molar-refractivity contribution is 0.276. The van der Waals surface area contributed by atoms with E-state index in [9.17, 15) is 0 Å². The van der Waals surface area contributed by atoms with Crippen LogP contribution in [0.5, 0.6) is 0 Å². The van der Waals surface area contributed by atoms with E-state index < -0.39 is 0 Å². The highest BCUT2D eigenvalue weighted by Gasteiger charge is 2.06. The Morgan fingerprint density at radius 2 is 2.19 bits per heavy atom. The lowest BCUT2D eigenvalue weighted by atomic mass is 10.1. The second-order valence-corrected chi connectivity index (χ2v) is 4.93. The molecular formula is C13H21ClN2. The van der Waals surface area contributed by atoms with Crippen molar-refractivity contribution in [1.29, 1.82) is 0 Å². The molecule has 0 aliphatic rings. The fourth-order valence-electron chi connectivity index (χ4n) is 1.96. The van der Waals surface area contributed by atoms with Gasteiger partial charge in [-0.1, -0.05) is 30.7 Å². The van der Waals surface area contributed by atoms with Crippen LogP contribution in [-0.4, -0.2) is 32.1 Å². The van der Waals surface area contributed by atoms with Gasteiger partial charge >= 0.3 is 0 Å². The van der Waals surface area contributed by atoms with Crippen LogP contribution in [0.4, 0.5) is 0 Å². The molecule has 1 rings (SSSR count). The summed E-state index contributed by atoms with van der Waals surface area (Å²) in [6.07, 6.45) is 0.